The molecule has 4 heteroatoms. The lowest BCUT2D eigenvalue weighted by atomic mass is 10.0. The van der Waals surface area contributed by atoms with E-state index in [2.05, 4.69) is 0 Å². The first-order valence-corrected chi connectivity index (χ1v) is 4.30. The van der Waals surface area contributed by atoms with Crippen molar-refractivity contribution in [3.8, 4) is 0 Å². The minimum Gasteiger partial charge on any atom is -0.395 e. The zero-order valence-electron chi connectivity index (χ0n) is 7.07. The van der Waals surface area contributed by atoms with E-state index in [9.17, 15) is 4.79 Å². The second-order valence-electron chi connectivity index (χ2n) is 3.04. The molecule has 0 unspecified atom stereocenters. The van der Waals surface area contributed by atoms with Gasteiger partial charge in [-0.15, -0.1) is 0 Å². The summed E-state index contributed by atoms with van der Waals surface area (Å²) in [5.41, 5.74) is 0. The van der Waals surface area contributed by atoms with E-state index in [4.69, 9.17) is 10.2 Å². The van der Waals surface area contributed by atoms with Crippen molar-refractivity contribution < 1.29 is 15.0 Å². The van der Waals surface area contributed by atoms with E-state index in [-0.39, 0.29) is 25.2 Å². The van der Waals surface area contributed by atoms with Crippen molar-refractivity contribution in [2.45, 2.75) is 25.3 Å². The molecule has 0 radical (unpaired) electrons. The summed E-state index contributed by atoms with van der Waals surface area (Å²) in [5.74, 6) is 0.0503. The maximum absolute atomic E-state index is 11.3. The summed E-state index contributed by atoms with van der Waals surface area (Å²) >= 11 is 0. The lowest BCUT2D eigenvalue weighted by Crippen LogP contribution is -2.46. The van der Waals surface area contributed by atoms with Crippen LogP contribution in [0.15, 0.2) is 0 Å². The summed E-state index contributed by atoms with van der Waals surface area (Å²) in [4.78, 5) is 12.8. The second-order valence-corrected chi connectivity index (χ2v) is 3.04. The molecular weight excluding hydrogens is 158 g/mol. The average Bonchev–Trinajstić information content (AvgIpc) is 2.09. The Labute approximate surface area is 71.8 Å². The highest BCUT2D eigenvalue weighted by atomic mass is 16.3. The number of likely N-dealkylation sites (tertiary alicyclic amines) is 1. The highest BCUT2D eigenvalue weighted by Gasteiger charge is 2.26. The number of carbonyl (C=O) groups is 1. The second kappa shape index (κ2) is 4.42. The summed E-state index contributed by atoms with van der Waals surface area (Å²) < 4.78 is 0. The molecule has 2 N–H and O–H groups in total. The first-order valence-electron chi connectivity index (χ1n) is 4.30. The van der Waals surface area contributed by atoms with Crippen molar-refractivity contribution >= 4 is 5.91 Å². The molecule has 0 spiro atoms. The quantitative estimate of drug-likeness (QED) is 0.596. The van der Waals surface area contributed by atoms with Crippen LogP contribution < -0.4 is 0 Å². The fourth-order valence-electron chi connectivity index (χ4n) is 1.60. The molecule has 1 saturated heterocycles. The van der Waals surface area contributed by atoms with Gasteiger partial charge in [0.05, 0.1) is 19.3 Å². The van der Waals surface area contributed by atoms with Gasteiger partial charge >= 0.3 is 0 Å². The summed E-state index contributed by atoms with van der Waals surface area (Å²) in [6.45, 7) is 0.331. The van der Waals surface area contributed by atoms with E-state index < -0.39 is 0 Å². The van der Waals surface area contributed by atoms with Crippen LogP contribution in [-0.2, 0) is 4.79 Å². The molecule has 0 bridgehead atoms. The van der Waals surface area contributed by atoms with Gasteiger partial charge in [0.25, 0.3) is 0 Å². The molecule has 0 saturated carbocycles. The molecule has 0 aromatic heterocycles. The van der Waals surface area contributed by atoms with Gasteiger partial charge in [0, 0.05) is 13.0 Å². The number of carbonyl (C=O) groups excluding carboxylic acids is 1. The minimum atomic E-state index is -0.0709. The van der Waals surface area contributed by atoms with Crippen molar-refractivity contribution in [1.29, 1.82) is 0 Å². The van der Waals surface area contributed by atoms with Crippen LogP contribution in [0.2, 0.25) is 0 Å². The van der Waals surface area contributed by atoms with Crippen molar-refractivity contribution in [2.24, 2.45) is 0 Å². The Morgan fingerprint density at radius 1 is 1.50 bits per heavy atom. The molecule has 1 aliphatic rings. The molecule has 70 valence electrons. The molecule has 0 aromatic rings. The van der Waals surface area contributed by atoms with Crippen molar-refractivity contribution in [3.05, 3.63) is 0 Å². The number of aliphatic hydroxyl groups is 2. The number of nitrogens with zero attached hydrogens (tertiary/aromatic N) is 1. The smallest absolute Gasteiger partial charge is 0.222 e. The van der Waals surface area contributed by atoms with E-state index in [1.54, 1.807) is 4.90 Å². The number of rotatable bonds is 3. The van der Waals surface area contributed by atoms with Gasteiger partial charge in [-0.3, -0.25) is 4.79 Å². The Hall–Kier alpha value is -0.610. The number of hydrogen-bond acceptors (Lipinski definition) is 3. The summed E-state index contributed by atoms with van der Waals surface area (Å²) in [6.07, 6.45) is 2.25. The molecule has 1 amide bonds. The summed E-state index contributed by atoms with van der Waals surface area (Å²) in [5, 5.41) is 17.6. The predicted octanol–water partition coefficient (Wildman–Crippen LogP) is -0.648. The largest absolute Gasteiger partial charge is 0.395 e. The first kappa shape index (κ1) is 9.48. The molecule has 1 aliphatic heterocycles. The third kappa shape index (κ3) is 1.95. The lowest BCUT2D eigenvalue weighted by molar-refractivity contribution is -0.138. The van der Waals surface area contributed by atoms with E-state index in [1.165, 1.54) is 0 Å². The van der Waals surface area contributed by atoms with Crippen LogP contribution in [0, 0.1) is 0 Å². The third-order valence-electron chi connectivity index (χ3n) is 2.24. The van der Waals surface area contributed by atoms with Crippen molar-refractivity contribution in [1.82, 2.24) is 4.90 Å². The number of aliphatic hydroxyl groups excluding tert-OH is 2. The number of hydrogen-bond donors (Lipinski definition) is 2. The number of β-amino-alcohol motifs (C(OH)–C–C–N with tert-alkyl or cyclic N) is 1. The zero-order valence-corrected chi connectivity index (χ0v) is 7.07. The van der Waals surface area contributed by atoms with Crippen LogP contribution in [0.3, 0.4) is 0 Å². The standard InChI is InChI=1S/C8H15NO3/c10-5-4-9-7(6-11)2-1-3-8(9)12/h7,10-11H,1-6H2/t7-/m1/s1. The van der Waals surface area contributed by atoms with Gasteiger partial charge in [-0.05, 0) is 12.8 Å². The van der Waals surface area contributed by atoms with Gasteiger partial charge in [-0.25, -0.2) is 0 Å². The molecule has 1 atom stereocenters. The molecule has 4 nitrogen and oxygen atoms in total. The Morgan fingerprint density at radius 2 is 2.25 bits per heavy atom. The van der Waals surface area contributed by atoms with Gasteiger partial charge in [0.2, 0.25) is 5.91 Å². The highest BCUT2D eigenvalue weighted by molar-refractivity contribution is 5.77. The zero-order chi connectivity index (χ0) is 8.97. The highest BCUT2D eigenvalue weighted by Crippen LogP contribution is 2.16. The van der Waals surface area contributed by atoms with Crippen LogP contribution in [0.1, 0.15) is 19.3 Å². The lowest BCUT2D eigenvalue weighted by Gasteiger charge is -2.33. The van der Waals surface area contributed by atoms with Crippen LogP contribution in [0.4, 0.5) is 0 Å². The molecular formula is C8H15NO3. The molecule has 1 heterocycles. The fourth-order valence-corrected chi connectivity index (χ4v) is 1.60. The Morgan fingerprint density at radius 3 is 2.83 bits per heavy atom. The average molecular weight is 173 g/mol. The molecule has 0 aliphatic carbocycles. The molecule has 12 heavy (non-hydrogen) atoms. The Kier molecular flexibility index (Phi) is 3.49. The topological polar surface area (TPSA) is 60.8 Å². The maximum Gasteiger partial charge on any atom is 0.222 e. The van der Waals surface area contributed by atoms with E-state index >= 15 is 0 Å². The van der Waals surface area contributed by atoms with E-state index in [0.29, 0.717) is 13.0 Å². The normalized spacial score (nSPS) is 24.7. The van der Waals surface area contributed by atoms with Crippen molar-refractivity contribution in [3.63, 3.8) is 0 Å². The van der Waals surface area contributed by atoms with Crippen LogP contribution in [0.25, 0.3) is 0 Å². The van der Waals surface area contributed by atoms with Gasteiger partial charge in [-0.2, -0.15) is 0 Å². The predicted molar refractivity (Wildman–Crippen MR) is 43.5 cm³/mol. The van der Waals surface area contributed by atoms with Gasteiger partial charge in [0.1, 0.15) is 0 Å². The molecule has 1 fully saturated rings. The molecule has 1 rings (SSSR count). The van der Waals surface area contributed by atoms with E-state index in [0.717, 1.165) is 12.8 Å². The fraction of sp³-hybridized carbons (Fsp3) is 0.875. The first-order chi connectivity index (χ1) is 5.79. The minimum absolute atomic E-state index is 0.00569. The van der Waals surface area contributed by atoms with Crippen LogP contribution >= 0.6 is 0 Å². The summed E-state index contributed by atoms with van der Waals surface area (Å²) in [6, 6.07) is -0.0709. The van der Waals surface area contributed by atoms with Crippen molar-refractivity contribution in [2.75, 3.05) is 19.8 Å². The van der Waals surface area contributed by atoms with Crippen LogP contribution in [-0.4, -0.2) is 46.8 Å². The molecule has 0 aromatic carbocycles. The van der Waals surface area contributed by atoms with Gasteiger partial charge in [0.15, 0.2) is 0 Å². The SMILES string of the molecule is O=C1CCC[C@H](CO)N1CCO. The number of amides is 1. The summed E-state index contributed by atoms with van der Waals surface area (Å²) in [7, 11) is 0. The Bertz CT molecular complexity index is 160. The monoisotopic (exact) mass is 173 g/mol. The maximum atomic E-state index is 11.3. The number of piperidine rings is 1. The Balaban J connectivity index is 2.53. The van der Waals surface area contributed by atoms with Gasteiger partial charge < -0.3 is 15.1 Å². The van der Waals surface area contributed by atoms with Crippen LogP contribution in [0.5, 0.6) is 0 Å². The van der Waals surface area contributed by atoms with E-state index in [1.807, 2.05) is 0 Å². The van der Waals surface area contributed by atoms with Gasteiger partial charge in [-0.1, -0.05) is 0 Å². The third-order valence-corrected chi connectivity index (χ3v) is 2.24.